The molecule has 3 aromatic rings. The lowest BCUT2D eigenvalue weighted by atomic mass is 10.1. The molecule has 5 heteroatoms. The molecule has 0 aliphatic carbocycles. The average molecular weight is 300 g/mol. The molecule has 4 nitrogen and oxygen atoms in total. The molecular weight excluding hydrogens is 286 g/mol. The summed E-state index contributed by atoms with van der Waals surface area (Å²) in [5.41, 5.74) is 9.09. The molecule has 2 aromatic carbocycles. The minimum absolute atomic E-state index is 0.583. The third kappa shape index (κ3) is 2.58. The summed E-state index contributed by atoms with van der Waals surface area (Å²) in [6.45, 7) is 0. The van der Waals surface area contributed by atoms with Crippen LogP contribution in [0.5, 0.6) is 5.75 Å². The van der Waals surface area contributed by atoms with E-state index in [9.17, 15) is 0 Å². The first-order chi connectivity index (χ1) is 10.2. The molecule has 0 saturated heterocycles. The van der Waals surface area contributed by atoms with Gasteiger partial charge in [-0.05, 0) is 30.3 Å². The van der Waals surface area contributed by atoms with Crippen molar-refractivity contribution in [2.45, 2.75) is 0 Å². The Bertz CT molecular complexity index is 783. The molecule has 0 saturated carbocycles. The SMILES string of the molecule is COc1ccccc1-c1nn(-c2cccc(Cl)c2)cc1N. The Morgan fingerprint density at radius 2 is 1.95 bits per heavy atom. The number of aromatic nitrogens is 2. The molecule has 1 heterocycles. The van der Waals surface area contributed by atoms with Gasteiger partial charge in [0.05, 0.1) is 24.7 Å². The number of anilines is 1. The van der Waals surface area contributed by atoms with Crippen LogP contribution in [0.15, 0.2) is 54.7 Å². The molecule has 0 aliphatic heterocycles. The van der Waals surface area contributed by atoms with Crippen molar-refractivity contribution < 1.29 is 4.74 Å². The van der Waals surface area contributed by atoms with E-state index in [1.807, 2.05) is 48.5 Å². The van der Waals surface area contributed by atoms with Crippen molar-refractivity contribution in [3.05, 3.63) is 59.8 Å². The number of halogens is 1. The molecule has 0 radical (unpaired) electrons. The monoisotopic (exact) mass is 299 g/mol. The number of nitrogens with zero attached hydrogens (tertiary/aromatic N) is 2. The van der Waals surface area contributed by atoms with Crippen LogP contribution in [0.2, 0.25) is 5.02 Å². The summed E-state index contributed by atoms with van der Waals surface area (Å²) in [7, 11) is 1.63. The van der Waals surface area contributed by atoms with Crippen molar-refractivity contribution in [3.63, 3.8) is 0 Å². The number of benzene rings is 2. The number of ether oxygens (including phenoxy) is 1. The zero-order valence-corrected chi connectivity index (χ0v) is 12.2. The molecule has 2 N–H and O–H groups in total. The molecule has 0 bridgehead atoms. The number of nitrogens with two attached hydrogens (primary N) is 1. The van der Waals surface area contributed by atoms with Gasteiger partial charge in [-0.15, -0.1) is 0 Å². The minimum Gasteiger partial charge on any atom is -0.496 e. The summed E-state index contributed by atoms with van der Waals surface area (Å²) < 4.78 is 7.07. The van der Waals surface area contributed by atoms with Crippen molar-refractivity contribution in [3.8, 4) is 22.7 Å². The topological polar surface area (TPSA) is 53.1 Å². The Labute approximate surface area is 127 Å². The number of hydrogen-bond acceptors (Lipinski definition) is 3. The third-order valence-corrected chi connectivity index (χ3v) is 3.41. The van der Waals surface area contributed by atoms with E-state index in [2.05, 4.69) is 5.10 Å². The standard InChI is InChI=1S/C16H14ClN3O/c1-21-15-8-3-2-7-13(15)16-14(18)10-20(19-16)12-6-4-5-11(17)9-12/h2-10H,18H2,1H3. The Kier molecular flexibility index (Phi) is 3.54. The van der Waals surface area contributed by atoms with Gasteiger partial charge in [0.15, 0.2) is 0 Å². The fourth-order valence-corrected chi connectivity index (χ4v) is 2.37. The van der Waals surface area contributed by atoms with E-state index in [4.69, 9.17) is 22.1 Å². The van der Waals surface area contributed by atoms with E-state index in [0.29, 0.717) is 16.4 Å². The van der Waals surface area contributed by atoms with Gasteiger partial charge in [0, 0.05) is 10.6 Å². The zero-order chi connectivity index (χ0) is 14.8. The number of nitrogen functional groups attached to an aromatic ring is 1. The molecule has 0 spiro atoms. The van der Waals surface area contributed by atoms with E-state index in [0.717, 1.165) is 17.0 Å². The molecule has 0 fully saturated rings. The van der Waals surface area contributed by atoms with Gasteiger partial charge in [0.25, 0.3) is 0 Å². The largest absolute Gasteiger partial charge is 0.496 e. The van der Waals surface area contributed by atoms with Gasteiger partial charge >= 0.3 is 0 Å². The highest BCUT2D eigenvalue weighted by Crippen LogP contribution is 2.32. The van der Waals surface area contributed by atoms with Crippen molar-refractivity contribution in [2.75, 3.05) is 12.8 Å². The summed E-state index contributed by atoms with van der Waals surface area (Å²) in [6.07, 6.45) is 1.77. The average Bonchev–Trinajstić information content (AvgIpc) is 2.89. The van der Waals surface area contributed by atoms with Crippen LogP contribution in [0.4, 0.5) is 5.69 Å². The van der Waals surface area contributed by atoms with Gasteiger partial charge < -0.3 is 10.5 Å². The van der Waals surface area contributed by atoms with Crippen LogP contribution in [0.1, 0.15) is 0 Å². The van der Waals surface area contributed by atoms with Crippen molar-refractivity contribution in [2.24, 2.45) is 0 Å². The fraction of sp³-hybridized carbons (Fsp3) is 0.0625. The van der Waals surface area contributed by atoms with Crippen LogP contribution < -0.4 is 10.5 Å². The van der Waals surface area contributed by atoms with Crippen molar-refractivity contribution in [1.82, 2.24) is 9.78 Å². The van der Waals surface area contributed by atoms with Crippen molar-refractivity contribution >= 4 is 17.3 Å². The Hall–Kier alpha value is -2.46. The van der Waals surface area contributed by atoms with E-state index in [1.165, 1.54) is 0 Å². The fourth-order valence-electron chi connectivity index (χ4n) is 2.19. The molecular formula is C16H14ClN3O. The second-order valence-electron chi connectivity index (χ2n) is 4.56. The highest BCUT2D eigenvalue weighted by atomic mass is 35.5. The highest BCUT2D eigenvalue weighted by molar-refractivity contribution is 6.30. The van der Waals surface area contributed by atoms with E-state index in [-0.39, 0.29) is 0 Å². The van der Waals surface area contributed by atoms with E-state index in [1.54, 1.807) is 18.0 Å². The maximum Gasteiger partial charge on any atom is 0.128 e. The van der Waals surface area contributed by atoms with Gasteiger partial charge in [-0.25, -0.2) is 4.68 Å². The molecule has 106 valence electrons. The van der Waals surface area contributed by atoms with Crippen LogP contribution in [0, 0.1) is 0 Å². The summed E-state index contributed by atoms with van der Waals surface area (Å²) in [5, 5.41) is 5.21. The smallest absolute Gasteiger partial charge is 0.128 e. The molecule has 0 amide bonds. The van der Waals surface area contributed by atoms with Gasteiger partial charge in [0.1, 0.15) is 11.4 Å². The van der Waals surface area contributed by atoms with Crippen LogP contribution in [-0.4, -0.2) is 16.9 Å². The zero-order valence-electron chi connectivity index (χ0n) is 11.5. The van der Waals surface area contributed by atoms with Crippen LogP contribution in [0.25, 0.3) is 16.9 Å². The number of rotatable bonds is 3. The number of para-hydroxylation sites is 1. The van der Waals surface area contributed by atoms with Crippen LogP contribution in [0.3, 0.4) is 0 Å². The molecule has 0 atom stereocenters. The van der Waals surface area contributed by atoms with Crippen LogP contribution in [-0.2, 0) is 0 Å². The molecule has 0 unspecified atom stereocenters. The van der Waals surface area contributed by atoms with Gasteiger partial charge in [0.2, 0.25) is 0 Å². The first-order valence-corrected chi connectivity index (χ1v) is 6.81. The van der Waals surface area contributed by atoms with Gasteiger partial charge in [-0.1, -0.05) is 29.8 Å². The summed E-state index contributed by atoms with van der Waals surface area (Å²) in [5.74, 6) is 0.737. The summed E-state index contributed by atoms with van der Waals surface area (Å²) in [6, 6.07) is 15.1. The number of methoxy groups -OCH3 is 1. The lowest BCUT2D eigenvalue weighted by molar-refractivity contribution is 0.416. The second kappa shape index (κ2) is 5.50. The molecule has 21 heavy (non-hydrogen) atoms. The first-order valence-electron chi connectivity index (χ1n) is 6.43. The third-order valence-electron chi connectivity index (χ3n) is 3.18. The maximum atomic E-state index is 6.10. The lowest BCUT2D eigenvalue weighted by Crippen LogP contribution is -1.95. The predicted molar refractivity (Wildman–Crippen MR) is 85.0 cm³/mol. The number of hydrogen-bond donors (Lipinski definition) is 1. The molecule has 0 aliphatic rings. The Morgan fingerprint density at radius 3 is 2.71 bits per heavy atom. The van der Waals surface area contributed by atoms with Crippen LogP contribution >= 0.6 is 11.6 Å². The first kappa shape index (κ1) is 13.5. The Morgan fingerprint density at radius 1 is 1.14 bits per heavy atom. The van der Waals surface area contributed by atoms with Gasteiger partial charge in [-0.2, -0.15) is 5.10 Å². The lowest BCUT2D eigenvalue weighted by Gasteiger charge is -2.06. The molecule has 1 aromatic heterocycles. The van der Waals surface area contributed by atoms with Crippen molar-refractivity contribution in [1.29, 1.82) is 0 Å². The highest BCUT2D eigenvalue weighted by Gasteiger charge is 2.13. The maximum absolute atomic E-state index is 6.10. The second-order valence-corrected chi connectivity index (χ2v) is 4.99. The Balaban J connectivity index is 2.10. The van der Waals surface area contributed by atoms with E-state index < -0.39 is 0 Å². The predicted octanol–water partition coefficient (Wildman–Crippen LogP) is 3.78. The normalized spacial score (nSPS) is 10.6. The van der Waals surface area contributed by atoms with E-state index >= 15 is 0 Å². The quantitative estimate of drug-likeness (QED) is 0.800. The van der Waals surface area contributed by atoms with Gasteiger partial charge in [-0.3, -0.25) is 0 Å². The molecule has 3 rings (SSSR count). The minimum atomic E-state index is 0.583. The summed E-state index contributed by atoms with van der Waals surface area (Å²) in [4.78, 5) is 0. The summed E-state index contributed by atoms with van der Waals surface area (Å²) >= 11 is 6.01.